The van der Waals surface area contributed by atoms with Crippen LogP contribution in [0, 0.1) is 0 Å². The largest absolute Gasteiger partial charge is 0 e. The van der Waals surface area contributed by atoms with Gasteiger partial charge in [-0.05, 0) is 0 Å². The van der Waals surface area contributed by atoms with E-state index < -0.39 is 34.1 Å². The molecule has 5 nitrogen and oxygen atoms in total. The molecule has 0 aromatic heterocycles. The number of hydrogen-bond donors (Lipinski definition) is 3. The van der Waals surface area contributed by atoms with Crippen LogP contribution in [-0.4, -0.2) is 27.0 Å². The maximum Gasteiger partial charge on any atom is 0 e. The molecule has 42 valence electrons. The second kappa shape index (κ2) is 15.7. The maximum absolute atomic E-state index is 8.81. The summed E-state index contributed by atoms with van der Waals surface area (Å²) in [5.74, 6) is 0. The van der Waals surface area contributed by atoms with Gasteiger partial charge in [0.2, 0.25) is 0 Å². The standard InChI is InChI=1S/Al.3H2O.2O.Ti.Zn/h;3*1H2;;;;/q+1;;;;;;+2;/p-3. The molecule has 0 heterocycles. The molecule has 0 spiro atoms. The molecule has 0 bridgehead atoms. The minimum Gasteiger partial charge on any atom is 0 e. The summed E-state index contributed by atoms with van der Waals surface area (Å²) in [7, 11) is 0. The Labute approximate surface area is 71.8 Å². The van der Waals surface area contributed by atoms with Crippen molar-refractivity contribution in [1.29, 1.82) is 0 Å². The van der Waals surface area contributed by atoms with E-state index in [0.29, 0.717) is 0 Å². The van der Waals surface area contributed by atoms with E-state index in [-0.39, 0.29) is 19.5 Å². The summed E-state index contributed by atoms with van der Waals surface area (Å²) < 4.78 is 38.9. The van der Waals surface area contributed by atoms with Gasteiger partial charge in [-0.3, -0.25) is 0 Å². The zero-order valence-electron chi connectivity index (χ0n) is 3.94. The topological polar surface area (TPSA) is 94.8 Å². The molecular formula is H3AlO5TiZn. The van der Waals surface area contributed by atoms with Crippen molar-refractivity contribution in [2.45, 2.75) is 0 Å². The summed E-state index contributed by atoms with van der Waals surface area (Å²) in [6.45, 7) is 0. The van der Waals surface area contributed by atoms with Gasteiger partial charge in [0.1, 0.15) is 0 Å². The Morgan fingerprint density at radius 1 is 1.38 bits per heavy atom. The SMILES string of the molecule is [O]=[Al][OH].[O]=[Ti]([OH])[OH].[Zn]. The molecule has 0 aromatic carbocycles. The molecule has 0 fully saturated rings. The second-order valence-electron chi connectivity index (χ2n) is 0.388. The van der Waals surface area contributed by atoms with Crippen molar-refractivity contribution in [1.82, 2.24) is 0 Å². The van der Waals surface area contributed by atoms with E-state index in [4.69, 9.17) is 18.7 Å². The van der Waals surface area contributed by atoms with E-state index in [1.54, 1.807) is 0 Å². The molecule has 0 aliphatic heterocycles. The van der Waals surface area contributed by atoms with E-state index in [1.165, 1.54) is 0 Å². The summed E-state index contributed by atoms with van der Waals surface area (Å²) in [6, 6.07) is 0. The fraction of sp³-hybridized carbons (Fsp3) is 0. The first-order chi connectivity index (χ1) is 3.15. The van der Waals surface area contributed by atoms with Crippen molar-refractivity contribution < 1.29 is 56.8 Å². The Kier molecular flexibility index (Phi) is 31.6. The third-order valence-electron chi connectivity index (χ3n) is 0. The Balaban J connectivity index is -0.0000000575. The molecule has 0 saturated carbocycles. The van der Waals surface area contributed by atoms with Gasteiger partial charge >= 0.3 is 52.8 Å². The number of hydrogen-bond acceptors (Lipinski definition) is 2. The van der Waals surface area contributed by atoms with Gasteiger partial charge in [0.15, 0.2) is 0 Å². The van der Waals surface area contributed by atoms with Gasteiger partial charge in [0.05, 0.1) is 0 Å². The third kappa shape index (κ3) is 195. The van der Waals surface area contributed by atoms with Crippen molar-refractivity contribution in [2.75, 3.05) is 0 Å². The van der Waals surface area contributed by atoms with E-state index >= 15 is 0 Å². The van der Waals surface area contributed by atoms with E-state index in [1.807, 2.05) is 0 Å². The fourth-order valence-electron chi connectivity index (χ4n) is 0. The first kappa shape index (κ1) is 16.1. The van der Waals surface area contributed by atoms with Crippen LogP contribution >= 0.6 is 0 Å². The summed E-state index contributed by atoms with van der Waals surface area (Å²) >= 11 is -5.08. The van der Waals surface area contributed by atoms with Crippen LogP contribution in [0.3, 0.4) is 0 Å². The Hall–Kier alpha value is 1.19. The summed E-state index contributed by atoms with van der Waals surface area (Å²) in [5, 5.41) is 0. The smallest absolute Gasteiger partial charge is 0 e. The molecular weight excluding hydrogens is 220 g/mol. The minimum absolute atomic E-state index is 0. The molecule has 0 rings (SSSR count). The van der Waals surface area contributed by atoms with Crippen LogP contribution in [0.25, 0.3) is 0 Å². The van der Waals surface area contributed by atoms with Gasteiger partial charge in [-0.25, -0.2) is 0 Å². The van der Waals surface area contributed by atoms with Crippen molar-refractivity contribution in [3.8, 4) is 0 Å². The van der Waals surface area contributed by atoms with Crippen LogP contribution < -0.4 is 0 Å². The predicted octanol–water partition coefficient (Wildman–Crippen LogP) is -2.29. The molecule has 0 aliphatic carbocycles. The van der Waals surface area contributed by atoms with Crippen LogP contribution in [-0.2, 0) is 45.2 Å². The average Bonchev–Trinajstić information content (AvgIpc) is 1.33. The molecule has 8 heavy (non-hydrogen) atoms. The maximum atomic E-state index is 8.81. The minimum atomic E-state index is -3.58. The quantitative estimate of drug-likeness (QED) is 0.402. The zero-order chi connectivity index (χ0) is 6.28. The molecule has 8 heteroatoms. The summed E-state index contributed by atoms with van der Waals surface area (Å²) in [6.07, 6.45) is 0. The second-order valence-corrected chi connectivity index (χ2v) is 1.48. The van der Waals surface area contributed by atoms with Gasteiger partial charge < -0.3 is 0 Å². The normalized spacial score (nSPS) is 4.25. The molecule has 0 aromatic rings. The van der Waals surface area contributed by atoms with Gasteiger partial charge in [-0.1, -0.05) is 0 Å². The summed E-state index contributed by atoms with van der Waals surface area (Å²) in [5.41, 5.74) is 0. The van der Waals surface area contributed by atoms with E-state index in [9.17, 15) is 0 Å². The Morgan fingerprint density at radius 2 is 1.38 bits per heavy atom. The van der Waals surface area contributed by atoms with Crippen LogP contribution in [0.4, 0.5) is 0 Å². The molecule has 0 radical (unpaired) electrons. The van der Waals surface area contributed by atoms with Gasteiger partial charge in [-0.15, -0.1) is 0 Å². The summed E-state index contributed by atoms with van der Waals surface area (Å²) in [4.78, 5) is 0. The van der Waals surface area contributed by atoms with Crippen molar-refractivity contribution >= 4 is 15.5 Å². The van der Waals surface area contributed by atoms with Gasteiger partial charge in [0.25, 0.3) is 0 Å². The molecule has 3 N–H and O–H groups in total. The zero-order valence-corrected chi connectivity index (χ0v) is 9.63. The Morgan fingerprint density at radius 3 is 1.38 bits per heavy atom. The monoisotopic (exact) mass is 222 g/mol. The van der Waals surface area contributed by atoms with Gasteiger partial charge in [-0.2, -0.15) is 0 Å². The average molecular weight is 223 g/mol. The first-order valence-electron chi connectivity index (χ1n) is 1.15. The van der Waals surface area contributed by atoms with Crippen LogP contribution in [0.2, 0.25) is 0 Å². The van der Waals surface area contributed by atoms with Crippen molar-refractivity contribution in [3.63, 3.8) is 0 Å². The first-order valence-corrected chi connectivity index (χ1v) is 4.17. The molecule has 0 aliphatic rings. The fourth-order valence-corrected chi connectivity index (χ4v) is 0. The van der Waals surface area contributed by atoms with Crippen LogP contribution in [0.15, 0.2) is 0 Å². The van der Waals surface area contributed by atoms with E-state index in [0.717, 1.165) is 0 Å². The number of rotatable bonds is 0. The van der Waals surface area contributed by atoms with E-state index in [2.05, 4.69) is 0 Å². The third-order valence-corrected chi connectivity index (χ3v) is 0. The molecule has 0 saturated heterocycles. The Bertz CT molecular complexity index is 59.4. The van der Waals surface area contributed by atoms with Crippen LogP contribution in [0.5, 0.6) is 0 Å². The van der Waals surface area contributed by atoms with Crippen molar-refractivity contribution in [2.24, 2.45) is 0 Å². The molecule has 0 amide bonds. The van der Waals surface area contributed by atoms with Gasteiger partial charge in [0, 0.05) is 19.5 Å². The molecule has 0 unspecified atom stereocenters. The van der Waals surface area contributed by atoms with Crippen molar-refractivity contribution in [3.05, 3.63) is 0 Å². The predicted molar refractivity (Wildman–Crippen MR) is 13.8 cm³/mol. The van der Waals surface area contributed by atoms with Crippen LogP contribution in [0.1, 0.15) is 0 Å². The molecule has 0 atom stereocenters.